The van der Waals surface area contributed by atoms with Crippen molar-refractivity contribution in [3.05, 3.63) is 18.2 Å². The zero-order valence-electron chi connectivity index (χ0n) is 16.6. The van der Waals surface area contributed by atoms with Crippen LogP contribution in [0.25, 0.3) is 0 Å². The maximum Gasteiger partial charge on any atom is 0.410 e. The van der Waals surface area contributed by atoms with Crippen molar-refractivity contribution in [3.63, 3.8) is 0 Å². The number of carbonyl (C=O) groups is 2. The van der Waals surface area contributed by atoms with Crippen LogP contribution >= 0.6 is 0 Å². The second-order valence-corrected chi connectivity index (χ2v) is 7.61. The molecule has 1 atom stereocenters. The van der Waals surface area contributed by atoms with Gasteiger partial charge >= 0.3 is 6.09 Å². The van der Waals surface area contributed by atoms with Gasteiger partial charge in [-0.15, -0.1) is 0 Å². The van der Waals surface area contributed by atoms with E-state index in [0.717, 1.165) is 64.0 Å². The number of nitrogens with zero attached hydrogens (tertiary/aromatic N) is 4. The third kappa shape index (κ3) is 4.45. The van der Waals surface area contributed by atoms with Crippen molar-refractivity contribution in [2.75, 3.05) is 26.7 Å². The van der Waals surface area contributed by atoms with Gasteiger partial charge in [0.05, 0.1) is 7.11 Å². The van der Waals surface area contributed by atoms with Gasteiger partial charge in [-0.05, 0) is 38.5 Å². The summed E-state index contributed by atoms with van der Waals surface area (Å²) < 4.78 is 7.14. The Kier molecular flexibility index (Phi) is 6.74. The van der Waals surface area contributed by atoms with Gasteiger partial charge in [0, 0.05) is 44.5 Å². The number of imidazole rings is 1. The van der Waals surface area contributed by atoms with Crippen molar-refractivity contribution >= 4 is 12.0 Å². The van der Waals surface area contributed by atoms with Crippen LogP contribution in [0.2, 0.25) is 0 Å². The lowest BCUT2D eigenvalue weighted by Crippen LogP contribution is -2.54. The van der Waals surface area contributed by atoms with Crippen molar-refractivity contribution in [1.29, 1.82) is 0 Å². The first kappa shape index (κ1) is 19.7. The van der Waals surface area contributed by atoms with Crippen molar-refractivity contribution in [1.82, 2.24) is 19.4 Å². The Morgan fingerprint density at radius 1 is 1.19 bits per heavy atom. The quantitative estimate of drug-likeness (QED) is 0.792. The number of rotatable bonds is 5. The number of carbonyl (C=O) groups excluding carboxylic acids is 2. The lowest BCUT2D eigenvalue weighted by atomic mass is 9.94. The number of unbranched alkanes of at least 4 members (excludes halogenated alkanes) is 1. The summed E-state index contributed by atoms with van der Waals surface area (Å²) in [4.78, 5) is 33.2. The zero-order chi connectivity index (χ0) is 19.2. The summed E-state index contributed by atoms with van der Waals surface area (Å²) in [7, 11) is 1.38. The molecule has 2 aliphatic heterocycles. The first-order valence-corrected chi connectivity index (χ1v) is 10.3. The second kappa shape index (κ2) is 9.24. The summed E-state index contributed by atoms with van der Waals surface area (Å²) in [6.45, 7) is 5.28. The van der Waals surface area contributed by atoms with E-state index in [0.29, 0.717) is 12.5 Å². The maximum absolute atomic E-state index is 13.0. The van der Waals surface area contributed by atoms with Gasteiger partial charge in [0.25, 0.3) is 0 Å². The van der Waals surface area contributed by atoms with Gasteiger partial charge < -0.3 is 14.2 Å². The SMILES string of the molecule is CCCCn1ccnc1C1CCN(C(=O)[C@H]2CCCCN2C(=O)OC)CC1. The summed E-state index contributed by atoms with van der Waals surface area (Å²) >= 11 is 0. The average Bonchev–Trinajstić information content (AvgIpc) is 3.19. The number of aryl methyl sites for hydroxylation is 1. The van der Waals surface area contributed by atoms with Crippen LogP contribution < -0.4 is 0 Å². The van der Waals surface area contributed by atoms with Crippen LogP contribution in [-0.4, -0.2) is 64.1 Å². The van der Waals surface area contributed by atoms with E-state index >= 15 is 0 Å². The Labute approximate surface area is 161 Å². The Morgan fingerprint density at radius 3 is 2.67 bits per heavy atom. The summed E-state index contributed by atoms with van der Waals surface area (Å²) in [5.41, 5.74) is 0. The Bertz CT molecular complexity index is 637. The molecule has 0 bridgehead atoms. The van der Waals surface area contributed by atoms with E-state index in [1.165, 1.54) is 13.5 Å². The Balaban J connectivity index is 1.59. The van der Waals surface area contributed by atoms with E-state index < -0.39 is 0 Å². The maximum atomic E-state index is 13.0. The van der Waals surface area contributed by atoms with Gasteiger partial charge in [-0.25, -0.2) is 9.78 Å². The van der Waals surface area contributed by atoms with E-state index in [2.05, 4.69) is 22.7 Å². The second-order valence-electron chi connectivity index (χ2n) is 7.61. The lowest BCUT2D eigenvalue weighted by molar-refractivity contribution is -0.138. The normalized spacial score (nSPS) is 21.3. The van der Waals surface area contributed by atoms with E-state index in [1.807, 2.05) is 11.1 Å². The largest absolute Gasteiger partial charge is 0.453 e. The number of likely N-dealkylation sites (tertiary alicyclic amines) is 2. The van der Waals surface area contributed by atoms with Gasteiger partial charge in [-0.2, -0.15) is 0 Å². The molecule has 0 aliphatic carbocycles. The molecule has 2 amide bonds. The summed E-state index contributed by atoms with van der Waals surface area (Å²) in [5.74, 6) is 1.64. The number of piperidine rings is 2. The summed E-state index contributed by atoms with van der Waals surface area (Å²) in [6.07, 6.45) is 10.4. The minimum absolute atomic E-state index is 0.0767. The van der Waals surface area contributed by atoms with Crippen LogP contribution in [0.5, 0.6) is 0 Å². The third-order valence-electron chi connectivity index (χ3n) is 5.87. The summed E-state index contributed by atoms with van der Waals surface area (Å²) in [6, 6.07) is -0.366. The minimum Gasteiger partial charge on any atom is -0.453 e. The van der Waals surface area contributed by atoms with Gasteiger partial charge in [0.15, 0.2) is 0 Å². The number of ether oxygens (including phenoxy) is 1. The molecule has 0 saturated carbocycles. The molecule has 0 spiro atoms. The molecule has 2 fully saturated rings. The fraction of sp³-hybridized carbons (Fsp3) is 0.750. The zero-order valence-corrected chi connectivity index (χ0v) is 16.6. The molecule has 150 valence electrons. The molecule has 7 nitrogen and oxygen atoms in total. The Morgan fingerprint density at radius 2 is 1.96 bits per heavy atom. The van der Waals surface area contributed by atoms with Crippen molar-refractivity contribution in [2.24, 2.45) is 0 Å². The first-order chi connectivity index (χ1) is 13.2. The molecule has 27 heavy (non-hydrogen) atoms. The first-order valence-electron chi connectivity index (χ1n) is 10.3. The fourth-order valence-corrected chi connectivity index (χ4v) is 4.29. The molecular weight excluding hydrogens is 344 g/mol. The molecule has 2 aliphatic rings. The van der Waals surface area contributed by atoms with Gasteiger partial charge in [-0.3, -0.25) is 9.69 Å². The molecule has 3 rings (SSSR count). The average molecular weight is 377 g/mol. The van der Waals surface area contributed by atoms with E-state index in [1.54, 1.807) is 4.90 Å². The van der Waals surface area contributed by atoms with Crippen LogP contribution in [-0.2, 0) is 16.1 Å². The van der Waals surface area contributed by atoms with Crippen molar-refractivity contribution in [3.8, 4) is 0 Å². The molecule has 0 N–H and O–H groups in total. The van der Waals surface area contributed by atoms with E-state index in [4.69, 9.17) is 4.74 Å². The number of hydrogen-bond donors (Lipinski definition) is 0. The van der Waals surface area contributed by atoms with Gasteiger partial charge in [0.2, 0.25) is 5.91 Å². The van der Waals surface area contributed by atoms with Crippen LogP contribution in [0.4, 0.5) is 4.79 Å². The molecule has 0 unspecified atom stereocenters. The standard InChI is InChI=1S/C20H32N4O3/c1-3-4-11-22-15-10-21-18(22)16-8-13-23(14-9-16)19(25)17-7-5-6-12-24(17)20(26)27-2/h10,15-17H,3-9,11-14H2,1-2H3/t17-/m1/s1. The molecule has 0 aromatic carbocycles. The van der Waals surface area contributed by atoms with Crippen LogP contribution in [0.3, 0.4) is 0 Å². The molecule has 7 heteroatoms. The molecule has 1 aromatic heterocycles. The smallest absolute Gasteiger partial charge is 0.410 e. The highest BCUT2D eigenvalue weighted by atomic mass is 16.5. The third-order valence-corrected chi connectivity index (χ3v) is 5.87. The predicted octanol–water partition coefficient (Wildman–Crippen LogP) is 3.01. The minimum atomic E-state index is -0.388. The van der Waals surface area contributed by atoms with Gasteiger partial charge in [0.1, 0.15) is 11.9 Å². The summed E-state index contributed by atoms with van der Waals surface area (Å²) in [5, 5.41) is 0. The predicted molar refractivity (Wildman–Crippen MR) is 102 cm³/mol. The topological polar surface area (TPSA) is 67.7 Å². The van der Waals surface area contributed by atoms with Crippen LogP contribution in [0, 0.1) is 0 Å². The number of methoxy groups -OCH3 is 1. The molecule has 3 heterocycles. The number of amides is 2. The fourth-order valence-electron chi connectivity index (χ4n) is 4.29. The Hall–Kier alpha value is -2.05. The monoisotopic (exact) mass is 376 g/mol. The van der Waals surface area contributed by atoms with Crippen molar-refractivity contribution < 1.29 is 14.3 Å². The van der Waals surface area contributed by atoms with Crippen molar-refractivity contribution in [2.45, 2.75) is 70.4 Å². The van der Waals surface area contributed by atoms with E-state index in [9.17, 15) is 9.59 Å². The van der Waals surface area contributed by atoms with Crippen LogP contribution in [0.1, 0.15) is 63.6 Å². The molecule has 2 saturated heterocycles. The highest BCUT2D eigenvalue weighted by Gasteiger charge is 2.37. The highest BCUT2D eigenvalue weighted by Crippen LogP contribution is 2.29. The number of hydrogen-bond acceptors (Lipinski definition) is 4. The van der Waals surface area contributed by atoms with Gasteiger partial charge in [-0.1, -0.05) is 13.3 Å². The van der Waals surface area contributed by atoms with E-state index in [-0.39, 0.29) is 18.0 Å². The number of aromatic nitrogens is 2. The highest BCUT2D eigenvalue weighted by molar-refractivity contribution is 5.86. The lowest BCUT2D eigenvalue weighted by Gasteiger charge is -2.39. The van der Waals surface area contributed by atoms with Crippen LogP contribution in [0.15, 0.2) is 12.4 Å². The molecule has 0 radical (unpaired) electrons. The molecular formula is C20H32N4O3. The molecule has 1 aromatic rings.